The highest BCUT2D eigenvalue weighted by Gasteiger charge is 2.27. The molecule has 4 aromatic rings. The molecule has 31 heavy (non-hydrogen) atoms. The molecule has 0 unspecified atom stereocenters. The first-order valence-electron chi connectivity index (χ1n) is 11.0. The van der Waals surface area contributed by atoms with Crippen molar-refractivity contribution in [3.63, 3.8) is 0 Å². The van der Waals surface area contributed by atoms with Crippen molar-refractivity contribution in [1.29, 1.82) is 0 Å². The lowest BCUT2D eigenvalue weighted by Crippen LogP contribution is -2.36. The minimum absolute atomic E-state index is 0.617. The smallest absolute Gasteiger partial charge is 0.183 e. The predicted octanol–water partition coefficient (Wildman–Crippen LogP) is 3.54. The van der Waals surface area contributed by atoms with Gasteiger partial charge in [-0.1, -0.05) is 5.21 Å². The van der Waals surface area contributed by atoms with Crippen LogP contribution in [0.2, 0.25) is 0 Å². The number of hydrogen-bond donors (Lipinski definition) is 0. The first-order valence-corrected chi connectivity index (χ1v) is 11.8. The highest BCUT2D eigenvalue weighted by Crippen LogP contribution is 2.41. The molecule has 0 spiro atoms. The molecule has 158 valence electrons. The molecule has 2 aliphatic rings. The molecular weight excluding hydrogens is 408 g/mol. The summed E-state index contributed by atoms with van der Waals surface area (Å²) >= 11 is 1.85. The lowest BCUT2D eigenvalue weighted by molar-refractivity contribution is 0.338. The maximum Gasteiger partial charge on any atom is 0.183 e. The van der Waals surface area contributed by atoms with Crippen molar-refractivity contribution >= 4 is 27.4 Å². The first-order chi connectivity index (χ1) is 15.3. The minimum atomic E-state index is 0.617. The van der Waals surface area contributed by atoms with Crippen molar-refractivity contribution in [1.82, 2.24) is 34.9 Å². The number of thiophene rings is 1. The van der Waals surface area contributed by atoms with E-state index in [0.29, 0.717) is 11.7 Å². The molecule has 6 rings (SSSR count). The molecule has 8 nitrogen and oxygen atoms in total. The topological polar surface area (TPSA) is 85.5 Å². The van der Waals surface area contributed by atoms with Crippen LogP contribution in [-0.2, 0) is 19.4 Å². The van der Waals surface area contributed by atoms with Crippen LogP contribution in [0.3, 0.4) is 0 Å². The average molecular weight is 433 g/mol. The second-order valence-electron chi connectivity index (χ2n) is 8.41. The van der Waals surface area contributed by atoms with E-state index in [9.17, 15) is 0 Å². The Morgan fingerprint density at radius 3 is 2.74 bits per heavy atom. The summed E-state index contributed by atoms with van der Waals surface area (Å²) in [7, 11) is 0. The molecule has 0 aromatic carbocycles. The van der Waals surface area contributed by atoms with Gasteiger partial charge in [-0.05, 0) is 50.0 Å². The van der Waals surface area contributed by atoms with Crippen LogP contribution in [0.25, 0.3) is 21.7 Å². The van der Waals surface area contributed by atoms with E-state index >= 15 is 0 Å². The van der Waals surface area contributed by atoms with E-state index in [1.165, 1.54) is 28.7 Å². The van der Waals surface area contributed by atoms with Gasteiger partial charge in [0.25, 0.3) is 0 Å². The Kier molecular flexibility index (Phi) is 4.82. The summed E-state index contributed by atoms with van der Waals surface area (Å²) in [4.78, 5) is 23.7. The van der Waals surface area contributed by atoms with E-state index in [-0.39, 0.29) is 0 Å². The highest BCUT2D eigenvalue weighted by molar-refractivity contribution is 7.19. The van der Waals surface area contributed by atoms with Crippen LogP contribution in [0, 0.1) is 5.92 Å². The lowest BCUT2D eigenvalue weighted by atomic mass is 9.95. The van der Waals surface area contributed by atoms with Crippen molar-refractivity contribution < 1.29 is 0 Å². The maximum atomic E-state index is 5.07. The normalized spacial score (nSPS) is 17.2. The number of piperidine rings is 1. The molecule has 0 bridgehead atoms. The standard InChI is InChI=1S/C22H24N8S/c1-2-4-18-16(3-1)19-21(26-20(27-22(19)31-18)17-13-23-7-8-24-17)29-10-5-15(6-11-29)14-30-12-9-25-28-30/h7-9,12-13,15H,1-6,10-11,14H2. The molecule has 0 saturated carbocycles. The van der Waals surface area contributed by atoms with Crippen LogP contribution in [-0.4, -0.2) is 48.0 Å². The zero-order valence-corrected chi connectivity index (χ0v) is 18.1. The predicted molar refractivity (Wildman–Crippen MR) is 120 cm³/mol. The minimum Gasteiger partial charge on any atom is -0.356 e. The molecule has 0 atom stereocenters. The monoisotopic (exact) mass is 432 g/mol. The van der Waals surface area contributed by atoms with E-state index in [1.54, 1.807) is 24.8 Å². The SMILES string of the molecule is c1cnc(-c2nc(N3CCC(Cn4ccnn4)CC3)c3c4c(sc3n2)CCCC4)cn1. The number of aromatic nitrogens is 7. The van der Waals surface area contributed by atoms with E-state index in [1.807, 2.05) is 22.2 Å². The molecule has 1 aliphatic carbocycles. The van der Waals surface area contributed by atoms with Crippen molar-refractivity contribution in [2.45, 2.75) is 45.1 Å². The zero-order chi connectivity index (χ0) is 20.6. The summed E-state index contributed by atoms with van der Waals surface area (Å²) in [5.41, 5.74) is 2.22. The van der Waals surface area contributed by atoms with Crippen molar-refractivity contribution in [2.75, 3.05) is 18.0 Å². The van der Waals surface area contributed by atoms with Gasteiger partial charge >= 0.3 is 0 Å². The summed E-state index contributed by atoms with van der Waals surface area (Å²) in [5, 5.41) is 9.35. The Balaban J connectivity index is 1.36. The van der Waals surface area contributed by atoms with Gasteiger partial charge in [0.2, 0.25) is 0 Å². The highest BCUT2D eigenvalue weighted by atomic mass is 32.1. The van der Waals surface area contributed by atoms with Crippen LogP contribution in [0.4, 0.5) is 5.82 Å². The largest absolute Gasteiger partial charge is 0.356 e. The molecule has 1 aliphatic heterocycles. The summed E-state index contributed by atoms with van der Waals surface area (Å²) in [6.07, 6.45) is 15.9. The number of nitrogens with zero attached hydrogens (tertiary/aromatic N) is 8. The van der Waals surface area contributed by atoms with Crippen LogP contribution in [0.1, 0.15) is 36.1 Å². The molecule has 4 aromatic heterocycles. The van der Waals surface area contributed by atoms with Gasteiger partial charge in [-0.3, -0.25) is 9.67 Å². The molecule has 1 fully saturated rings. The van der Waals surface area contributed by atoms with Gasteiger partial charge in [0, 0.05) is 43.1 Å². The van der Waals surface area contributed by atoms with Crippen LogP contribution in [0.15, 0.2) is 31.0 Å². The second kappa shape index (κ2) is 7.96. The Bertz CT molecular complexity index is 1180. The number of anilines is 1. The fourth-order valence-electron chi connectivity index (χ4n) is 4.82. The number of aryl methyl sites for hydroxylation is 2. The van der Waals surface area contributed by atoms with Gasteiger partial charge < -0.3 is 4.90 Å². The Morgan fingerprint density at radius 2 is 1.94 bits per heavy atom. The molecule has 5 heterocycles. The fraction of sp³-hybridized carbons (Fsp3) is 0.455. The second-order valence-corrected chi connectivity index (χ2v) is 9.49. The summed E-state index contributed by atoms with van der Waals surface area (Å²) < 4.78 is 1.95. The van der Waals surface area contributed by atoms with Gasteiger partial charge in [0.05, 0.1) is 17.8 Å². The first kappa shape index (κ1) is 18.8. The Labute approximate surface area is 184 Å². The van der Waals surface area contributed by atoms with E-state index in [0.717, 1.165) is 61.7 Å². The molecule has 1 saturated heterocycles. The zero-order valence-electron chi connectivity index (χ0n) is 17.3. The van der Waals surface area contributed by atoms with Gasteiger partial charge in [-0.15, -0.1) is 16.4 Å². The fourth-order valence-corrected chi connectivity index (χ4v) is 6.07. The van der Waals surface area contributed by atoms with Crippen LogP contribution in [0.5, 0.6) is 0 Å². The molecular formula is C22H24N8S. The average Bonchev–Trinajstić information content (AvgIpc) is 3.47. The van der Waals surface area contributed by atoms with Gasteiger partial charge in [-0.2, -0.15) is 0 Å². The quantitative estimate of drug-likeness (QED) is 0.488. The van der Waals surface area contributed by atoms with Gasteiger partial charge in [0.1, 0.15) is 16.3 Å². The third kappa shape index (κ3) is 3.56. The Morgan fingerprint density at radius 1 is 1.03 bits per heavy atom. The molecule has 9 heteroatoms. The Hall–Kier alpha value is -2.94. The third-order valence-corrected chi connectivity index (χ3v) is 7.60. The van der Waals surface area contributed by atoms with Crippen molar-refractivity contribution in [3.05, 3.63) is 41.4 Å². The van der Waals surface area contributed by atoms with E-state index in [4.69, 9.17) is 9.97 Å². The molecule has 0 radical (unpaired) electrons. The summed E-state index contributed by atoms with van der Waals surface area (Å²) in [6.45, 7) is 2.93. The summed E-state index contributed by atoms with van der Waals surface area (Å²) in [6, 6.07) is 0. The number of fused-ring (bicyclic) bond motifs is 3. The maximum absolute atomic E-state index is 5.07. The van der Waals surface area contributed by atoms with Gasteiger partial charge in [-0.25, -0.2) is 15.0 Å². The van der Waals surface area contributed by atoms with Crippen LogP contribution < -0.4 is 4.90 Å². The third-order valence-electron chi connectivity index (χ3n) is 6.42. The van der Waals surface area contributed by atoms with E-state index in [2.05, 4.69) is 25.2 Å². The van der Waals surface area contributed by atoms with Gasteiger partial charge in [0.15, 0.2) is 5.82 Å². The van der Waals surface area contributed by atoms with Crippen molar-refractivity contribution in [3.8, 4) is 11.5 Å². The van der Waals surface area contributed by atoms with Crippen LogP contribution >= 0.6 is 11.3 Å². The molecule has 0 amide bonds. The number of hydrogen-bond acceptors (Lipinski definition) is 8. The van der Waals surface area contributed by atoms with Crippen molar-refractivity contribution in [2.24, 2.45) is 5.92 Å². The molecule has 0 N–H and O–H groups in total. The number of rotatable bonds is 4. The lowest BCUT2D eigenvalue weighted by Gasteiger charge is -2.33. The van der Waals surface area contributed by atoms with E-state index < -0.39 is 0 Å². The summed E-state index contributed by atoms with van der Waals surface area (Å²) in [5.74, 6) is 2.38.